The van der Waals surface area contributed by atoms with Gasteiger partial charge in [-0.3, -0.25) is 4.79 Å². The van der Waals surface area contributed by atoms with E-state index in [4.69, 9.17) is 9.26 Å². The zero-order chi connectivity index (χ0) is 11.6. The summed E-state index contributed by atoms with van der Waals surface area (Å²) in [5.41, 5.74) is -0.470. The van der Waals surface area contributed by atoms with Crippen LogP contribution in [0.4, 0.5) is 0 Å². The predicted octanol–water partition coefficient (Wildman–Crippen LogP) is 1.93. The van der Waals surface area contributed by atoms with Crippen molar-refractivity contribution in [3.63, 3.8) is 0 Å². The zero-order valence-electron chi connectivity index (χ0n) is 9.60. The number of carbonyl (C=O) groups is 1. The van der Waals surface area contributed by atoms with E-state index in [-0.39, 0.29) is 5.89 Å². The Balaban J connectivity index is 2.29. The van der Waals surface area contributed by atoms with Gasteiger partial charge in [-0.05, 0) is 25.2 Å². The molecule has 0 aliphatic heterocycles. The van der Waals surface area contributed by atoms with Gasteiger partial charge in [-0.15, -0.1) is 0 Å². The second kappa shape index (κ2) is 4.33. The summed E-state index contributed by atoms with van der Waals surface area (Å²) in [6, 6.07) is 0. The molecule has 1 fully saturated rings. The quantitative estimate of drug-likeness (QED) is 0.734. The molecule has 2 atom stereocenters. The van der Waals surface area contributed by atoms with Gasteiger partial charge >= 0.3 is 0 Å². The van der Waals surface area contributed by atoms with Crippen LogP contribution in [0.1, 0.15) is 49.1 Å². The Morgan fingerprint density at radius 3 is 3.00 bits per heavy atom. The van der Waals surface area contributed by atoms with Crippen molar-refractivity contribution in [2.75, 3.05) is 7.11 Å². The monoisotopic (exact) mass is 224 g/mol. The Morgan fingerprint density at radius 2 is 2.44 bits per heavy atom. The van der Waals surface area contributed by atoms with Crippen molar-refractivity contribution in [1.29, 1.82) is 0 Å². The fourth-order valence-electron chi connectivity index (χ4n) is 2.45. The number of aldehydes is 1. The van der Waals surface area contributed by atoms with E-state index in [9.17, 15) is 4.79 Å². The van der Waals surface area contributed by atoms with Gasteiger partial charge in [-0.25, -0.2) is 0 Å². The summed E-state index contributed by atoms with van der Waals surface area (Å²) in [4.78, 5) is 14.6. The molecule has 16 heavy (non-hydrogen) atoms. The first-order chi connectivity index (χ1) is 7.70. The predicted molar refractivity (Wildman–Crippen MR) is 56.0 cm³/mol. The van der Waals surface area contributed by atoms with Gasteiger partial charge in [0, 0.05) is 7.11 Å². The van der Waals surface area contributed by atoms with Crippen molar-refractivity contribution in [2.45, 2.75) is 38.2 Å². The highest BCUT2D eigenvalue weighted by Crippen LogP contribution is 2.41. The number of hydrogen-bond acceptors (Lipinski definition) is 5. The summed E-state index contributed by atoms with van der Waals surface area (Å²) in [7, 11) is 1.66. The first-order valence-corrected chi connectivity index (χ1v) is 5.55. The molecule has 0 saturated heterocycles. The van der Waals surface area contributed by atoms with Crippen molar-refractivity contribution < 1.29 is 14.1 Å². The summed E-state index contributed by atoms with van der Waals surface area (Å²) in [6.07, 6.45) is 4.60. The van der Waals surface area contributed by atoms with Crippen LogP contribution in [0, 0.1) is 5.92 Å². The highest BCUT2D eigenvalue weighted by Gasteiger charge is 2.40. The van der Waals surface area contributed by atoms with E-state index in [1.165, 1.54) is 6.42 Å². The maximum atomic E-state index is 10.5. The Morgan fingerprint density at radius 1 is 1.62 bits per heavy atom. The number of carbonyl (C=O) groups excluding carboxylic acids is 1. The maximum absolute atomic E-state index is 10.5. The van der Waals surface area contributed by atoms with E-state index in [1.807, 2.05) is 0 Å². The van der Waals surface area contributed by atoms with Crippen molar-refractivity contribution in [3.05, 3.63) is 11.7 Å². The fourth-order valence-corrected chi connectivity index (χ4v) is 2.45. The minimum Gasteiger partial charge on any atom is -0.370 e. The van der Waals surface area contributed by atoms with Gasteiger partial charge in [0.25, 0.3) is 5.89 Å². The summed E-state index contributed by atoms with van der Waals surface area (Å²) < 4.78 is 10.4. The maximum Gasteiger partial charge on any atom is 0.290 e. The van der Waals surface area contributed by atoms with Crippen molar-refractivity contribution in [2.24, 2.45) is 5.92 Å². The number of aromatic nitrogens is 2. The van der Waals surface area contributed by atoms with Crippen molar-refractivity contribution in [3.8, 4) is 0 Å². The molecular formula is C11H16N2O3. The lowest BCUT2D eigenvalue weighted by molar-refractivity contribution is -0.0658. The first-order valence-electron chi connectivity index (χ1n) is 5.55. The minimum absolute atomic E-state index is 0.0182. The lowest BCUT2D eigenvalue weighted by atomic mass is 9.78. The van der Waals surface area contributed by atoms with Crippen molar-refractivity contribution >= 4 is 6.29 Å². The van der Waals surface area contributed by atoms with Gasteiger partial charge in [-0.2, -0.15) is 4.98 Å². The Kier molecular flexibility index (Phi) is 3.05. The number of ether oxygens (including phenoxy) is 1. The minimum atomic E-state index is -0.470. The summed E-state index contributed by atoms with van der Waals surface area (Å²) in [6.45, 7) is 2.19. The zero-order valence-corrected chi connectivity index (χ0v) is 9.60. The third-order valence-corrected chi connectivity index (χ3v) is 3.30. The summed E-state index contributed by atoms with van der Waals surface area (Å²) in [5, 5.41) is 3.85. The van der Waals surface area contributed by atoms with Gasteiger partial charge in [0.2, 0.25) is 12.1 Å². The van der Waals surface area contributed by atoms with Gasteiger partial charge in [0.1, 0.15) is 5.60 Å². The molecule has 1 aromatic rings. The molecule has 1 aliphatic rings. The summed E-state index contributed by atoms with van der Waals surface area (Å²) in [5.74, 6) is 1.10. The molecule has 0 amide bonds. The summed E-state index contributed by atoms with van der Waals surface area (Å²) >= 11 is 0. The van der Waals surface area contributed by atoms with Gasteiger partial charge in [0.05, 0.1) is 0 Å². The standard InChI is InChI=1S/C11H16N2O3/c1-8-4-3-5-11(6-8,15-2)10-12-9(7-14)16-13-10/h7-8H,3-6H2,1-2H3. The largest absolute Gasteiger partial charge is 0.370 e. The molecule has 1 saturated carbocycles. The number of nitrogens with zero attached hydrogens (tertiary/aromatic N) is 2. The molecule has 1 aliphatic carbocycles. The van der Waals surface area contributed by atoms with E-state index in [0.717, 1.165) is 19.3 Å². The Bertz CT molecular complexity index is 377. The Hall–Kier alpha value is -1.23. The van der Waals surface area contributed by atoms with Gasteiger partial charge < -0.3 is 9.26 Å². The van der Waals surface area contributed by atoms with E-state index in [0.29, 0.717) is 18.0 Å². The molecule has 2 unspecified atom stereocenters. The third-order valence-electron chi connectivity index (χ3n) is 3.30. The van der Waals surface area contributed by atoms with Crippen LogP contribution in [0.25, 0.3) is 0 Å². The van der Waals surface area contributed by atoms with Crippen LogP contribution in [0.5, 0.6) is 0 Å². The molecule has 0 N–H and O–H groups in total. The van der Waals surface area contributed by atoms with Crippen molar-refractivity contribution in [1.82, 2.24) is 10.1 Å². The normalized spacial score (nSPS) is 30.2. The fraction of sp³-hybridized carbons (Fsp3) is 0.727. The van der Waals surface area contributed by atoms with E-state index in [1.54, 1.807) is 7.11 Å². The second-order valence-electron chi connectivity index (χ2n) is 4.47. The van der Waals surface area contributed by atoms with Crippen LogP contribution in [-0.2, 0) is 10.3 Å². The van der Waals surface area contributed by atoms with E-state index in [2.05, 4.69) is 17.1 Å². The molecule has 88 valence electrons. The molecule has 0 spiro atoms. The number of methoxy groups -OCH3 is 1. The number of hydrogen-bond donors (Lipinski definition) is 0. The topological polar surface area (TPSA) is 65.2 Å². The molecule has 0 aromatic carbocycles. The van der Waals surface area contributed by atoms with Crippen LogP contribution in [0.15, 0.2) is 4.52 Å². The van der Waals surface area contributed by atoms with Gasteiger partial charge in [0.15, 0.2) is 0 Å². The molecule has 0 bridgehead atoms. The highest BCUT2D eigenvalue weighted by atomic mass is 16.5. The second-order valence-corrected chi connectivity index (χ2v) is 4.47. The molecule has 2 rings (SSSR count). The number of rotatable bonds is 3. The lowest BCUT2D eigenvalue weighted by Gasteiger charge is -2.36. The van der Waals surface area contributed by atoms with Crippen LogP contribution >= 0.6 is 0 Å². The molecule has 5 nitrogen and oxygen atoms in total. The van der Waals surface area contributed by atoms with Crippen LogP contribution in [-0.4, -0.2) is 23.5 Å². The van der Waals surface area contributed by atoms with Crippen LogP contribution in [0.2, 0.25) is 0 Å². The molecule has 5 heteroatoms. The van der Waals surface area contributed by atoms with Crippen LogP contribution in [0.3, 0.4) is 0 Å². The first kappa shape index (κ1) is 11.3. The van der Waals surface area contributed by atoms with E-state index < -0.39 is 5.60 Å². The molecule has 1 aromatic heterocycles. The Labute approximate surface area is 94.2 Å². The van der Waals surface area contributed by atoms with E-state index >= 15 is 0 Å². The lowest BCUT2D eigenvalue weighted by Crippen LogP contribution is -2.35. The molecule has 1 heterocycles. The molecule has 0 radical (unpaired) electrons. The average molecular weight is 224 g/mol. The SMILES string of the molecule is COC1(c2noc(C=O)n2)CCCC(C)C1. The third kappa shape index (κ3) is 1.87. The molecular weight excluding hydrogens is 208 g/mol. The smallest absolute Gasteiger partial charge is 0.290 e. The van der Waals surface area contributed by atoms with Crippen LogP contribution < -0.4 is 0 Å². The average Bonchev–Trinajstić information content (AvgIpc) is 2.78. The van der Waals surface area contributed by atoms with Gasteiger partial charge in [-0.1, -0.05) is 18.5 Å². The highest BCUT2D eigenvalue weighted by molar-refractivity contribution is 5.67.